The molecular weight excluding hydrogens is 218 g/mol. The van der Waals surface area contributed by atoms with E-state index in [4.69, 9.17) is 18.7 Å². The fourth-order valence-corrected chi connectivity index (χ4v) is 1.35. The van der Waals surface area contributed by atoms with Crippen molar-refractivity contribution in [3.8, 4) is 0 Å². The summed E-state index contributed by atoms with van der Waals surface area (Å²) in [6, 6.07) is 0. The van der Waals surface area contributed by atoms with Crippen molar-refractivity contribution in [3.63, 3.8) is 0 Å². The Morgan fingerprint density at radius 2 is 1.76 bits per heavy atom. The summed E-state index contributed by atoms with van der Waals surface area (Å²) in [5.74, 6) is 0. The van der Waals surface area contributed by atoms with Crippen LogP contribution in [0.25, 0.3) is 0 Å². The molecule has 97 valence electrons. The fraction of sp³-hybridized carbons (Fsp3) is 1.00. The third kappa shape index (κ3) is 3.71. The van der Waals surface area contributed by atoms with Crippen LogP contribution in [0.3, 0.4) is 0 Å². The second kappa shape index (κ2) is 4.92. The standard InChI is InChI=1S/C11H23B2O4/c1-9(2)8-15-13(17-9)12-16-11(5,6)10(3,4)14-7/h8H2,1-7H3. The number of hydrogen-bond acceptors (Lipinski definition) is 4. The van der Waals surface area contributed by atoms with Gasteiger partial charge in [-0.3, -0.25) is 0 Å². The highest BCUT2D eigenvalue weighted by atomic mass is 16.7. The Kier molecular flexibility index (Phi) is 4.35. The average molecular weight is 241 g/mol. The Labute approximate surface area is 106 Å². The van der Waals surface area contributed by atoms with Crippen molar-refractivity contribution in [2.45, 2.75) is 58.3 Å². The fourth-order valence-electron chi connectivity index (χ4n) is 1.35. The van der Waals surface area contributed by atoms with Gasteiger partial charge < -0.3 is 18.7 Å². The van der Waals surface area contributed by atoms with Crippen molar-refractivity contribution >= 4 is 14.4 Å². The van der Waals surface area contributed by atoms with Crippen LogP contribution in [0.15, 0.2) is 0 Å². The van der Waals surface area contributed by atoms with E-state index in [1.807, 2.05) is 41.5 Å². The molecule has 1 radical (unpaired) electrons. The highest BCUT2D eigenvalue weighted by Crippen LogP contribution is 2.28. The third-order valence-electron chi connectivity index (χ3n) is 3.46. The summed E-state index contributed by atoms with van der Waals surface area (Å²) in [4.78, 5) is 0. The van der Waals surface area contributed by atoms with E-state index >= 15 is 0 Å². The second-order valence-electron chi connectivity index (χ2n) is 6.04. The zero-order valence-electron chi connectivity index (χ0n) is 12.0. The summed E-state index contributed by atoms with van der Waals surface area (Å²) in [5.41, 5.74) is -1.09. The second-order valence-corrected chi connectivity index (χ2v) is 6.04. The molecule has 0 amide bonds. The van der Waals surface area contributed by atoms with Crippen LogP contribution in [0.1, 0.15) is 41.5 Å². The molecule has 0 aromatic rings. The molecule has 1 fully saturated rings. The van der Waals surface area contributed by atoms with Crippen molar-refractivity contribution in [1.29, 1.82) is 0 Å². The quantitative estimate of drug-likeness (QED) is 0.685. The van der Waals surface area contributed by atoms with Gasteiger partial charge in [-0.25, -0.2) is 0 Å². The summed E-state index contributed by atoms with van der Waals surface area (Å²) in [5, 5.41) is 0. The Morgan fingerprint density at radius 3 is 2.18 bits per heavy atom. The summed E-state index contributed by atoms with van der Waals surface area (Å²) in [7, 11) is 2.88. The van der Waals surface area contributed by atoms with E-state index < -0.39 is 18.2 Å². The van der Waals surface area contributed by atoms with E-state index in [1.165, 1.54) is 0 Å². The smallest absolute Gasteiger partial charge is 0.435 e. The molecule has 0 N–H and O–H groups in total. The van der Waals surface area contributed by atoms with Gasteiger partial charge in [-0.05, 0) is 41.5 Å². The largest absolute Gasteiger partial charge is 0.439 e. The van der Waals surface area contributed by atoms with Crippen LogP contribution < -0.4 is 0 Å². The van der Waals surface area contributed by atoms with E-state index in [1.54, 1.807) is 14.5 Å². The Bertz CT molecular complexity index is 266. The van der Waals surface area contributed by atoms with Gasteiger partial charge in [0, 0.05) is 7.11 Å². The van der Waals surface area contributed by atoms with E-state index in [2.05, 4.69) is 0 Å². The van der Waals surface area contributed by atoms with Gasteiger partial charge in [0.05, 0.1) is 23.4 Å². The predicted octanol–water partition coefficient (Wildman–Crippen LogP) is 1.64. The first-order valence-corrected chi connectivity index (χ1v) is 5.95. The Hall–Kier alpha value is -0.0301. The normalized spacial score (nSPS) is 20.8. The molecule has 1 heterocycles. The van der Waals surface area contributed by atoms with Crippen LogP contribution in [-0.4, -0.2) is 44.9 Å². The maximum atomic E-state index is 5.76. The number of hydrogen-bond donors (Lipinski definition) is 0. The van der Waals surface area contributed by atoms with Gasteiger partial charge in [0.1, 0.15) is 0 Å². The van der Waals surface area contributed by atoms with Gasteiger partial charge in [-0.15, -0.1) is 0 Å². The molecule has 0 aromatic carbocycles. The summed E-state index contributed by atoms with van der Waals surface area (Å²) < 4.78 is 22.3. The zero-order valence-corrected chi connectivity index (χ0v) is 12.0. The van der Waals surface area contributed by atoms with E-state index in [9.17, 15) is 0 Å². The van der Waals surface area contributed by atoms with E-state index in [0.717, 1.165) is 0 Å². The highest BCUT2D eigenvalue weighted by molar-refractivity contribution is 7.03. The van der Waals surface area contributed by atoms with Gasteiger partial charge >= 0.3 is 14.4 Å². The first-order chi connectivity index (χ1) is 7.60. The van der Waals surface area contributed by atoms with Crippen LogP contribution in [0.2, 0.25) is 0 Å². The predicted molar refractivity (Wildman–Crippen MR) is 68.9 cm³/mol. The van der Waals surface area contributed by atoms with Crippen LogP contribution >= 0.6 is 0 Å². The highest BCUT2D eigenvalue weighted by Gasteiger charge is 2.43. The van der Waals surface area contributed by atoms with Crippen molar-refractivity contribution in [1.82, 2.24) is 0 Å². The van der Waals surface area contributed by atoms with Crippen LogP contribution in [0.5, 0.6) is 0 Å². The van der Waals surface area contributed by atoms with Gasteiger partial charge in [0.25, 0.3) is 0 Å². The molecule has 0 atom stereocenters. The van der Waals surface area contributed by atoms with Gasteiger partial charge in [-0.1, -0.05) is 0 Å². The van der Waals surface area contributed by atoms with Crippen LogP contribution in [0, 0.1) is 0 Å². The molecule has 0 bridgehead atoms. The monoisotopic (exact) mass is 241 g/mol. The topological polar surface area (TPSA) is 36.9 Å². The molecule has 0 aromatic heterocycles. The minimum atomic E-state index is -0.457. The van der Waals surface area contributed by atoms with Gasteiger partial charge in [0.15, 0.2) is 0 Å². The summed E-state index contributed by atoms with van der Waals surface area (Å²) in [6.07, 6.45) is 0. The number of ether oxygens (including phenoxy) is 1. The van der Waals surface area contributed by atoms with Crippen molar-refractivity contribution in [2.24, 2.45) is 0 Å². The molecule has 0 unspecified atom stereocenters. The van der Waals surface area contributed by atoms with Crippen molar-refractivity contribution < 1.29 is 18.7 Å². The maximum absolute atomic E-state index is 5.76. The lowest BCUT2D eigenvalue weighted by Crippen LogP contribution is -2.51. The first kappa shape index (κ1) is 15.0. The minimum Gasteiger partial charge on any atom is -0.435 e. The first-order valence-electron chi connectivity index (χ1n) is 5.95. The molecule has 6 heteroatoms. The molecule has 1 rings (SSSR count). The van der Waals surface area contributed by atoms with Crippen molar-refractivity contribution in [2.75, 3.05) is 13.7 Å². The third-order valence-corrected chi connectivity index (χ3v) is 3.46. The molecule has 1 aliphatic rings. The van der Waals surface area contributed by atoms with Crippen LogP contribution in [0.4, 0.5) is 0 Å². The zero-order chi connectivity index (χ0) is 13.3. The Morgan fingerprint density at radius 1 is 1.18 bits per heavy atom. The molecule has 1 aliphatic heterocycles. The molecule has 0 aliphatic carbocycles. The molecular formula is C11H23B2O4. The minimum absolute atomic E-state index is 0.245. The SMILES string of the molecule is COC(C)(C)C(C)(C)O[B]B1OCC(C)(C)O1. The number of rotatable bonds is 5. The number of methoxy groups -OCH3 is 1. The van der Waals surface area contributed by atoms with Crippen LogP contribution in [-0.2, 0) is 18.7 Å². The molecule has 4 nitrogen and oxygen atoms in total. The molecule has 17 heavy (non-hydrogen) atoms. The van der Waals surface area contributed by atoms with Gasteiger partial charge in [0.2, 0.25) is 0 Å². The Balaban J connectivity index is 2.46. The summed E-state index contributed by atoms with van der Waals surface area (Å²) in [6.45, 7) is 12.5. The van der Waals surface area contributed by atoms with E-state index in [0.29, 0.717) is 6.61 Å². The lowest BCUT2D eigenvalue weighted by molar-refractivity contribution is -0.114. The van der Waals surface area contributed by atoms with E-state index in [-0.39, 0.29) is 5.60 Å². The molecule has 1 saturated heterocycles. The van der Waals surface area contributed by atoms with Crippen molar-refractivity contribution in [3.05, 3.63) is 0 Å². The molecule has 0 spiro atoms. The van der Waals surface area contributed by atoms with Gasteiger partial charge in [-0.2, -0.15) is 0 Å². The maximum Gasteiger partial charge on any atom is 0.439 e. The molecule has 0 saturated carbocycles. The lowest BCUT2D eigenvalue weighted by atomic mass is 9.55. The summed E-state index contributed by atoms with van der Waals surface area (Å²) >= 11 is 0. The average Bonchev–Trinajstić information content (AvgIpc) is 2.55. The lowest BCUT2D eigenvalue weighted by Gasteiger charge is -2.40.